The Morgan fingerprint density at radius 1 is 1.35 bits per heavy atom. The van der Waals surface area contributed by atoms with E-state index in [1.807, 2.05) is 24.3 Å². The highest BCUT2D eigenvalue weighted by Crippen LogP contribution is 2.38. The summed E-state index contributed by atoms with van der Waals surface area (Å²) in [6.45, 7) is 0. The molecule has 1 fully saturated rings. The molecule has 0 aromatic heterocycles. The fraction of sp³-hybridized carbons (Fsp3) is 0.500. The highest BCUT2D eigenvalue weighted by molar-refractivity contribution is 14.1. The first kappa shape index (κ1) is 13.0. The van der Waals surface area contributed by atoms with Crippen molar-refractivity contribution in [3.63, 3.8) is 0 Å². The summed E-state index contributed by atoms with van der Waals surface area (Å²) in [5.41, 5.74) is 0.960. The molecule has 2 nitrogen and oxygen atoms in total. The lowest BCUT2D eigenvalue weighted by molar-refractivity contribution is -0.131. The minimum atomic E-state index is -0.139. The lowest BCUT2D eigenvalue weighted by atomic mass is 9.76. The van der Waals surface area contributed by atoms with E-state index in [0.29, 0.717) is 12.8 Å². The van der Waals surface area contributed by atoms with Gasteiger partial charge in [0.05, 0.1) is 5.60 Å². The molecule has 0 heterocycles. The largest absolute Gasteiger partial charge is 0.378 e. The molecule has 0 atom stereocenters. The Kier molecular flexibility index (Phi) is 4.20. The van der Waals surface area contributed by atoms with Gasteiger partial charge in [-0.2, -0.15) is 0 Å². The van der Waals surface area contributed by atoms with Gasteiger partial charge in [-0.15, -0.1) is 0 Å². The molecule has 1 aliphatic carbocycles. The Bertz CT molecular complexity index is 388. The number of ketones is 1. The van der Waals surface area contributed by atoms with Crippen LogP contribution in [0.5, 0.6) is 0 Å². The van der Waals surface area contributed by atoms with E-state index in [-0.39, 0.29) is 11.4 Å². The van der Waals surface area contributed by atoms with Gasteiger partial charge in [0.2, 0.25) is 0 Å². The SMILES string of the molecule is COC1(CC(=O)Cc2ccc(I)cc2)CCC1. The summed E-state index contributed by atoms with van der Waals surface area (Å²) in [6.07, 6.45) is 4.34. The Morgan fingerprint density at radius 2 is 2.00 bits per heavy atom. The molecule has 0 N–H and O–H groups in total. The molecule has 2 rings (SSSR count). The Morgan fingerprint density at radius 3 is 2.47 bits per heavy atom. The Hall–Kier alpha value is -0.420. The fourth-order valence-corrected chi connectivity index (χ4v) is 2.64. The summed E-state index contributed by atoms with van der Waals surface area (Å²) in [4.78, 5) is 12.0. The van der Waals surface area contributed by atoms with E-state index in [9.17, 15) is 4.79 Å². The van der Waals surface area contributed by atoms with Crippen molar-refractivity contribution in [2.24, 2.45) is 0 Å². The van der Waals surface area contributed by atoms with Crippen LogP contribution in [-0.4, -0.2) is 18.5 Å². The number of rotatable bonds is 5. The third-order valence-electron chi connectivity index (χ3n) is 3.53. The van der Waals surface area contributed by atoms with Crippen LogP contribution in [0.1, 0.15) is 31.2 Å². The van der Waals surface area contributed by atoms with E-state index < -0.39 is 0 Å². The van der Waals surface area contributed by atoms with Gasteiger partial charge in [0.15, 0.2) is 0 Å². The van der Waals surface area contributed by atoms with Crippen LogP contribution in [0, 0.1) is 3.57 Å². The molecule has 1 saturated carbocycles. The maximum atomic E-state index is 12.0. The van der Waals surface area contributed by atoms with Crippen LogP contribution in [0.3, 0.4) is 0 Å². The lowest BCUT2D eigenvalue weighted by Crippen LogP contribution is -2.41. The number of benzene rings is 1. The summed E-state index contributed by atoms with van der Waals surface area (Å²) in [6, 6.07) is 8.14. The molecule has 3 heteroatoms. The van der Waals surface area contributed by atoms with Crippen molar-refractivity contribution in [2.75, 3.05) is 7.11 Å². The first-order valence-corrected chi connectivity index (χ1v) is 7.03. The van der Waals surface area contributed by atoms with E-state index in [1.54, 1.807) is 7.11 Å². The molecule has 0 unspecified atom stereocenters. The quantitative estimate of drug-likeness (QED) is 0.766. The zero-order chi connectivity index (χ0) is 12.3. The Balaban J connectivity index is 1.91. The fourth-order valence-electron chi connectivity index (χ4n) is 2.28. The monoisotopic (exact) mass is 344 g/mol. The minimum Gasteiger partial charge on any atom is -0.378 e. The number of halogens is 1. The number of hydrogen-bond donors (Lipinski definition) is 0. The van der Waals surface area contributed by atoms with Crippen LogP contribution in [0.25, 0.3) is 0 Å². The van der Waals surface area contributed by atoms with Gasteiger partial charge in [0.25, 0.3) is 0 Å². The van der Waals surface area contributed by atoms with Gasteiger partial charge in [-0.05, 0) is 59.5 Å². The average Bonchev–Trinajstić information content (AvgIpc) is 2.27. The number of carbonyl (C=O) groups excluding carboxylic acids is 1. The highest BCUT2D eigenvalue weighted by atomic mass is 127. The third-order valence-corrected chi connectivity index (χ3v) is 4.25. The lowest BCUT2D eigenvalue weighted by Gasteiger charge is -2.40. The molecule has 0 aliphatic heterocycles. The zero-order valence-corrected chi connectivity index (χ0v) is 12.2. The predicted octanol–water partition coefficient (Wildman–Crippen LogP) is 3.36. The molecule has 17 heavy (non-hydrogen) atoms. The third kappa shape index (κ3) is 3.28. The summed E-state index contributed by atoms with van der Waals surface area (Å²) in [5.74, 6) is 0.285. The Labute approximate surface area is 116 Å². The number of Topliss-reactive ketones (excluding diaryl/α,β-unsaturated/α-hetero) is 1. The van der Waals surface area contributed by atoms with Gasteiger partial charge in [-0.25, -0.2) is 0 Å². The van der Waals surface area contributed by atoms with Crippen LogP contribution in [0.2, 0.25) is 0 Å². The van der Waals surface area contributed by atoms with Crippen LogP contribution in [0.4, 0.5) is 0 Å². The second-order valence-electron chi connectivity index (χ2n) is 4.76. The molecule has 1 aromatic rings. The van der Waals surface area contributed by atoms with E-state index in [1.165, 1.54) is 9.99 Å². The smallest absolute Gasteiger partial charge is 0.140 e. The minimum absolute atomic E-state index is 0.139. The number of carbonyl (C=O) groups is 1. The average molecular weight is 344 g/mol. The van der Waals surface area contributed by atoms with E-state index >= 15 is 0 Å². The second kappa shape index (κ2) is 5.48. The maximum Gasteiger partial charge on any atom is 0.140 e. The van der Waals surface area contributed by atoms with Crippen molar-refractivity contribution in [3.05, 3.63) is 33.4 Å². The topological polar surface area (TPSA) is 26.3 Å². The van der Waals surface area contributed by atoms with Gasteiger partial charge < -0.3 is 4.74 Å². The highest BCUT2D eigenvalue weighted by Gasteiger charge is 2.38. The molecular formula is C14H17IO2. The molecule has 0 spiro atoms. The van der Waals surface area contributed by atoms with Crippen molar-refractivity contribution in [2.45, 2.75) is 37.7 Å². The predicted molar refractivity (Wildman–Crippen MR) is 76.1 cm³/mol. The summed E-state index contributed by atoms with van der Waals surface area (Å²) >= 11 is 2.27. The summed E-state index contributed by atoms with van der Waals surface area (Å²) in [7, 11) is 1.72. The molecule has 0 amide bonds. The van der Waals surface area contributed by atoms with Crippen molar-refractivity contribution in [1.82, 2.24) is 0 Å². The van der Waals surface area contributed by atoms with Crippen LogP contribution in [-0.2, 0) is 16.0 Å². The van der Waals surface area contributed by atoms with Gasteiger partial charge in [-0.3, -0.25) is 4.79 Å². The number of hydrogen-bond acceptors (Lipinski definition) is 2. The molecule has 0 radical (unpaired) electrons. The van der Waals surface area contributed by atoms with E-state index in [2.05, 4.69) is 22.6 Å². The molecule has 1 aliphatic rings. The van der Waals surface area contributed by atoms with Gasteiger partial charge in [0.1, 0.15) is 5.78 Å². The van der Waals surface area contributed by atoms with Crippen LogP contribution >= 0.6 is 22.6 Å². The maximum absolute atomic E-state index is 12.0. The normalized spacial score (nSPS) is 17.5. The first-order valence-electron chi connectivity index (χ1n) is 5.95. The zero-order valence-electron chi connectivity index (χ0n) is 10.0. The van der Waals surface area contributed by atoms with Crippen molar-refractivity contribution in [1.29, 1.82) is 0 Å². The second-order valence-corrected chi connectivity index (χ2v) is 6.01. The molecule has 0 bridgehead atoms. The van der Waals surface area contributed by atoms with Gasteiger partial charge in [-0.1, -0.05) is 12.1 Å². The standard InChI is InChI=1S/C14H17IO2/c1-17-14(7-2-8-14)10-13(16)9-11-3-5-12(15)6-4-11/h3-6H,2,7-10H2,1H3. The number of methoxy groups -OCH3 is 1. The van der Waals surface area contributed by atoms with E-state index in [4.69, 9.17) is 4.74 Å². The molecule has 92 valence electrons. The molecular weight excluding hydrogens is 327 g/mol. The van der Waals surface area contributed by atoms with Crippen molar-refractivity contribution >= 4 is 28.4 Å². The summed E-state index contributed by atoms with van der Waals surface area (Å²) in [5, 5.41) is 0. The summed E-state index contributed by atoms with van der Waals surface area (Å²) < 4.78 is 6.68. The van der Waals surface area contributed by atoms with Crippen LogP contribution < -0.4 is 0 Å². The van der Waals surface area contributed by atoms with Crippen molar-refractivity contribution in [3.8, 4) is 0 Å². The van der Waals surface area contributed by atoms with Gasteiger partial charge >= 0.3 is 0 Å². The molecule has 1 aromatic carbocycles. The van der Waals surface area contributed by atoms with Crippen LogP contribution in [0.15, 0.2) is 24.3 Å². The van der Waals surface area contributed by atoms with E-state index in [0.717, 1.165) is 18.4 Å². The number of ether oxygens (including phenoxy) is 1. The first-order chi connectivity index (χ1) is 8.13. The van der Waals surface area contributed by atoms with Gasteiger partial charge in [0, 0.05) is 23.5 Å². The molecule has 0 saturated heterocycles. The van der Waals surface area contributed by atoms with Crippen molar-refractivity contribution < 1.29 is 9.53 Å².